The second-order valence-electron chi connectivity index (χ2n) is 3.58. The molecular formula is C14H15N. The first kappa shape index (κ1) is 9.78. The van der Waals surface area contributed by atoms with Crippen LogP contribution in [-0.2, 0) is 7.05 Å². The maximum absolute atomic E-state index is 3.88. The molecule has 2 aromatic rings. The van der Waals surface area contributed by atoms with Gasteiger partial charge in [-0.05, 0) is 19.1 Å². The van der Waals surface area contributed by atoms with Crippen molar-refractivity contribution in [2.45, 2.75) is 6.92 Å². The van der Waals surface area contributed by atoms with E-state index < -0.39 is 0 Å². The summed E-state index contributed by atoms with van der Waals surface area (Å²) in [6.45, 7) is 5.91. The highest BCUT2D eigenvalue weighted by molar-refractivity contribution is 5.93. The van der Waals surface area contributed by atoms with Gasteiger partial charge in [0.25, 0.3) is 0 Å². The van der Waals surface area contributed by atoms with Crippen molar-refractivity contribution in [2.75, 3.05) is 0 Å². The number of nitrogens with zero attached hydrogens (tertiary/aromatic N) is 1. The topological polar surface area (TPSA) is 4.93 Å². The predicted octanol–water partition coefficient (Wildman–Crippen LogP) is 3.85. The van der Waals surface area contributed by atoms with Gasteiger partial charge < -0.3 is 4.57 Å². The van der Waals surface area contributed by atoms with Crippen LogP contribution < -0.4 is 0 Å². The number of hydrogen-bond donors (Lipinski definition) is 0. The Balaban J connectivity index is 2.90. The summed E-state index contributed by atoms with van der Waals surface area (Å²) in [5.41, 5.74) is 3.68. The number of hydrogen-bond acceptors (Lipinski definition) is 0. The molecule has 0 amide bonds. The number of benzene rings is 1. The summed E-state index contributed by atoms with van der Waals surface area (Å²) < 4.78 is 2.18. The summed E-state index contributed by atoms with van der Waals surface area (Å²) in [6, 6.07) is 8.42. The van der Waals surface area contributed by atoms with E-state index >= 15 is 0 Å². The molecule has 1 aromatic carbocycles. The van der Waals surface area contributed by atoms with E-state index in [0.717, 1.165) is 0 Å². The van der Waals surface area contributed by atoms with E-state index in [1.54, 1.807) is 0 Å². The molecular weight excluding hydrogens is 182 g/mol. The van der Waals surface area contributed by atoms with Crippen molar-refractivity contribution in [2.24, 2.45) is 7.05 Å². The molecule has 1 heterocycles. The summed E-state index contributed by atoms with van der Waals surface area (Å²) in [4.78, 5) is 0. The van der Waals surface area contributed by atoms with Crippen LogP contribution >= 0.6 is 0 Å². The van der Waals surface area contributed by atoms with Gasteiger partial charge in [-0.3, -0.25) is 0 Å². The van der Waals surface area contributed by atoms with E-state index in [1.165, 1.54) is 22.2 Å². The van der Waals surface area contributed by atoms with Crippen LogP contribution in [0.15, 0.2) is 36.9 Å². The van der Waals surface area contributed by atoms with Crippen molar-refractivity contribution in [3.05, 3.63) is 48.2 Å². The van der Waals surface area contributed by atoms with Crippen molar-refractivity contribution in [3.63, 3.8) is 0 Å². The average Bonchev–Trinajstić information content (AvgIpc) is 2.54. The van der Waals surface area contributed by atoms with Gasteiger partial charge in [-0.1, -0.05) is 36.9 Å². The first-order valence-electron chi connectivity index (χ1n) is 5.12. The van der Waals surface area contributed by atoms with Crippen molar-refractivity contribution < 1.29 is 0 Å². The maximum atomic E-state index is 3.88. The van der Waals surface area contributed by atoms with Gasteiger partial charge in [-0.2, -0.15) is 0 Å². The zero-order valence-corrected chi connectivity index (χ0v) is 9.20. The Bertz CT molecular complexity index is 530. The Hall–Kier alpha value is -1.76. The smallest absolute Gasteiger partial charge is 0.0488 e. The third-order valence-corrected chi connectivity index (χ3v) is 2.72. The molecule has 0 unspecified atom stereocenters. The summed E-state index contributed by atoms with van der Waals surface area (Å²) >= 11 is 0. The second-order valence-corrected chi connectivity index (χ2v) is 3.58. The lowest BCUT2D eigenvalue weighted by Gasteiger charge is -1.98. The minimum absolute atomic E-state index is 1.18. The molecule has 0 bridgehead atoms. The number of aromatic nitrogens is 1. The summed E-state index contributed by atoms with van der Waals surface area (Å²) in [7, 11) is 2.08. The number of fused-ring (bicyclic) bond motifs is 1. The van der Waals surface area contributed by atoms with Crippen molar-refractivity contribution in [1.29, 1.82) is 0 Å². The fraction of sp³-hybridized carbons (Fsp3) is 0.143. The van der Waals surface area contributed by atoms with E-state index in [4.69, 9.17) is 0 Å². The monoisotopic (exact) mass is 197 g/mol. The molecule has 2 rings (SSSR count). The molecule has 1 heteroatoms. The first-order chi connectivity index (χ1) is 7.29. The lowest BCUT2D eigenvalue weighted by molar-refractivity contribution is 0.953. The molecule has 15 heavy (non-hydrogen) atoms. The summed E-state index contributed by atoms with van der Waals surface area (Å²) in [6.07, 6.45) is 6.11. The number of aryl methyl sites for hydroxylation is 1. The van der Waals surface area contributed by atoms with Crippen LogP contribution in [-0.4, -0.2) is 4.57 Å². The molecule has 0 atom stereocenters. The van der Waals surface area contributed by atoms with Gasteiger partial charge in [0.2, 0.25) is 0 Å². The zero-order valence-electron chi connectivity index (χ0n) is 9.20. The number of para-hydroxylation sites is 1. The van der Waals surface area contributed by atoms with E-state index in [0.29, 0.717) is 0 Å². The van der Waals surface area contributed by atoms with E-state index in [9.17, 15) is 0 Å². The average molecular weight is 197 g/mol. The minimum atomic E-state index is 1.18. The fourth-order valence-electron chi connectivity index (χ4n) is 2.03. The van der Waals surface area contributed by atoms with Gasteiger partial charge in [-0.15, -0.1) is 0 Å². The molecule has 1 nitrogen and oxygen atoms in total. The Morgan fingerprint density at radius 3 is 2.67 bits per heavy atom. The lowest BCUT2D eigenvalue weighted by atomic mass is 10.1. The predicted molar refractivity (Wildman–Crippen MR) is 67.7 cm³/mol. The lowest BCUT2D eigenvalue weighted by Crippen LogP contribution is -1.90. The molecule has 0 saturated heterocycles. The second kappa shape index (κ2) is 3.77. The van der Waals surface area contributed by atoms with Crippen molar-refractivity contribution in [1.82, 2.24) is 4.57 Å². The largest absolute Gasteiger partial charge is 0.344 e. The van der Waals surface area contributed by atoms with Gasteiger partial charge in [-0.25, -0.2) is 0 Å². The van der Waals surface area contributed by atoms with Crippen LogP contribution in [0.2, 0.25) is 0 Å². The number of rotatable bonds is 2. The molecule has 0 aliphatic carbocycles. The molecule has 0 aliphatic rings. The Morgan fingerprint density at radius 2 is 2.00 bits per heavy atom. The normalized spacial score (nSPS) is 11.3. The molecule has 0 spiro atoms. The molecule has 0 radical (unpaired) electrons. The highest BCUT2D eigenvalue weighted by Gasteiger charge is 2.08. The molecule has 0 N–H and O–H groups in total. The minimum Gasteiger partial charge on any atom is -0.344 e. The van der Waals surface area contributed by atoms with Gasteiger partial charge in [0, 0.05) is 29.2 Å². The van der Waals surface area contributed by atoms with Crippen LogP contribution in [0.5, 0.6) is 0 Å². The SMILES string of the molecule is C=Cc1c(/C=C\C)c2ccccc2n1C. The van der Waals surface area contributed by atoms with Crippen molar-refractivity contribution >= 4 is 23.1 Å². The van der Waals surface area contributed by atoms with Gasteiger partial charge in [0.1, 0.15) is 0 Å². The van der Waals surface area contributed by atoms with Gasteiger partial charge >= 0.3 is 0 Å². The zero-order chi connectivity index (χ0) is 10.8. The van der Waals surface area contributed by atoms with Crippen LogP contribution in [0.25, 0.3) is 23.1 Å². The molecule has 0 saturated carbocycles. The van der Waals surface area contributed by atoms with Crippen LogP contribution in [0, 0.1) is 0 Å². The van der Waals surface area contributed by atoms with Crippen LogP contribution in [0.4, 0.5) is 0 Å². The highest BCUT2D eigenvalue weighted by atomic mass is 14.9. The standard InChI is InChI=1S/C14H15N/c1-4-8-11-12-9-6-7-10-14(12)15(3)13(11)5-2/h4-10H,2H2,1,3H3/b8-4-. The molecule has 0 aliphatic heterocycles. The quantitative estimate of drug-likeness (QED) is 0.689. The summed E-state index contributed by atoms with van der Waals surface area (Å²) in [5.74, 6) is 0. The third kappa shape index (κ3) is 1.40. The van der Waals surface area contributed by atoms with Gasteiger partial charge in [0.05, 0.1) is 0 Å². The fourth-order valence-corrected chi connectivity index (χ4v) is 2.03. The first-order valence-corrected chi connectivity index (χ1v) is 5.12. The summed E-state index contributed by atoms with van der Waals surface area (Å²) in [5, 5.41) is 1.29. The van der Waals surface area contributed by atoms with Gasteiger partial charge in [0.15, 0.2) is 0 Å². The van der Waals surface area contributed by atoms with E-state index in [-0.39, 0.29) is 0 Å². The highest BCUT2D eigenvalue weighted by Crippen LogP contribution is 2.27. The Morgan fingerprint density at radius 1 is 1.27 bits per heavy atom. The Labute approximate surface area is 90.3 Å². The molecule has 76 valence electrons. The van der Waals surface area contributed by atoms with Crippen LogP contribution in [0.3, 0.4) is 0 Å². The van der Waals surface area contributed by atoms with E-state index in [2.05, 4.69) is 54.6 Å². The molecule has 0 fully saturated rings. The Kier molecular flexibility index (Phi) is 2.46. The van der Waals surface area contributed by atoms with E-state index in [1.807, 2.05) is 13.0 Å². The van der Waals surface area contributed by atoms with Crippen molar-refractivity contribution in [3.8, 4) is 0 Å². The van der Waals surface area contributed by atoms with Crippen LogP contribution in [0.1, 0.15) is 18.2 Å². The molecule has 1 aromatic heterocycles. The number of allylic oxidation sites excluding steroid dienone is 1. The maximum Gasteiger partial charge on any atom is 0.0488 e. The third-order valence-electron chi connectivity index (χ3n) is 2.72.